The first-order chi connectivity index (χ1) is 11.5. The van der Waals surface area contributed by atoms with Crippen LogP contribution in [-0.4, -0.2) is 39.7 Å². The Bertz CT molecular complexity index is 588. The fourth-order valence-corrected chi connectivity index (χ4v) is 3.72. The van der Waals surface area contributed by atoms with Crippen molar-refractivity contribution in [1.82, 2.24) is 4.31 Å². The van der Waals surface area contributed by atoms with E-state index >= 15 is 0 Å². The molecule has 0 bridgehead atoms. The summed E-state index contributed by atoms with van der Waals surface area (Å²) in [6.07, 6.45) is 3.75. The second-order valence-corrected chi connectivity index (χ2v) is 7.01. The van der Waals surface area contributed by atoms with Crippen molar-refractivity contribution in [2.45, 2.75) is 52.5 Å². The molecule has 24 heavy (non-hydrogen) atoms. The molecule has 1 fully saturated rings. The fraction of sp³-hybridized carbons (Fsp3) is 0.588. The molecule has 0 spiro atoms. The quantitative estimate of drug-likeness (QED) is 0.318. The second-order valence-electron chi connectivity index (χ2n) is 6.11. The third-order valence-corrected chi connectivity index (χ3v) is 5.25. The topological polar surface area (TPSA) is 82.3 Å². The van der Waals surface area contributed by atoms with E-state index in [0.29, 0.717) is 18.3 Å². The largest absolute Gasteiger partial charge is 0.322 e. The third kappa shape index (κ3) is 4.95. The van der Waals surface area contributed by atoms with Crippen LogP contribution in [0.4, 0.5) is 5.82 Å². The molecule has 1 aromatic rings. The van der Waals surface area contributed by atoms with Gasteiger partial charge in [-0.05, 0) is 18.9 Å². The molecule has 5 N–H and O–H groups in total. The van der Waals surface area contributed by atoms with Crippen LogP contribution >= 0.6 is 12.1 Å². The lowest BCUT2D eigenvalue weighted by Gasteiger charge is -2.30. The molecular weight excluding hydrogens is 320 g/mol. The fourth-order valence-electron chi connectivity index (χ4n) is 2.98. The molecule has 1 saturated heterocycles. The summed E-state index contributed by atoms with van der Waals surface area (Å²) >= 11 is 1.65. The number of pyridine rings is 1. The van der Waals surface area contributed by atoms with Crippen molar-refractivity contribution in [3.63, 3.8) is 0 Å². The minimum absolute atomic E-state index is 0.342. The normalized spacial score (nSPS) is 17.5. The number of H-pyrrole nitrogens is 1. The number of anilines is 1. The number of aryl methyl sites for hydroxylation is 1. The van der Waals surface area contributed by atoms with Gasteiger partial charge in [0.1, 0.15) is 17.8 Å². The second kappa shape index (κ2) is 9.03. The molecule has 132 valence electrons. The number of nitrogens with one attached hydrogen (secondary N) is 3. The van der Waals surface area contributed by atoms with Crippen LogP contribution in [0.1, 0.15) is 45.7 Å². The zero-order chi connectivity index (χ0) is 17.5. The van der Waals surface area contributed by atoms with Crippen LogP contribution in [0.25, 0.3) is 0 Å². The highest BCUT2D eigenvalue weighted by atomic mass is 32.2. The zero-order valence-electron chi connectivity index (χ0n) is 14.9. The standard InChI is InChI=1S/C17H28N6S/c1-4-14-7-6-8-17(20-14)21-24-22-11-9-15(10-12-22)23(13(3)18)16(19)5-2/h6-8,15,18-19H,4-5,9-12H2,1-3H3,(H,20,21)/p+2. The molecule has 0 aromatic carbocycles. The molecule has 1 aliphatic heterocycles. The summed E-state index contributed by atoms with van der Waals surface area (Å²) in [6, 6.07) is 6.56. The molecule has 6 nitrogen and oxygen atoms in total. The molecule has 0 saturated carbocycles. The molecule has 2 rings (SSSR count). The molecular formula is C17H30N6S+2. The van der Waals surface area contributed by atoms with Crippen LogP contribution in [0.5, 0.6) is 0 Å². The van der Waals surface area contributed by atoms with Crippen LogP contribution in [0.2, 0.25) is 0 Å². The van der Waals surface area contributed by atoms with Gasteiger partial charge in [0, 0.05) is 38.9 Å². The Hall–Kier alpha value is -1.60. The van der Waals surface area contributed by atoms with Gasteiger partial charge in [-0.2, -0.15) is 10.1 Å². The average Bonchev–Trinajstić information content (AvgIpc) is 2.61. The molecule has 1 aliphatic rings. The molecule has 0 radical (unpaired) electrons. The van der Waals surface area contributed by atoms with E-state index < -0.39 is 0 Å². The number of aromatic nitrogens is 1. The van der Waals surface area contributed by atoms with Gasteiger partial charge in [-0.1, -0.05) is 19.9 Å². The highest BCUT2D eigenvalue weighted by Crippen LogP contribution is 2.21. The molecule has 0 amide bonds. The molecule has 1 aromatic heterocycles. The average molecular weight is 351 g/mol. The number of nitrogens with two attached hydrogens (primary N) is 1. The Morgan fingerprint density at radius 3 is 2.71 bits per heavy atom. The van der Waals surface area contributed by atoms with Crippen molar-refractivity contribution in [3.05, 3.63) is 23.9 Å². The summed E-state index contributed by atoms with van der Waals surface area (Å²) in [5.41, 5.74) is 7.23. The predicted octanol–water partition coefficient (Wildman–Crippen LogP) is 2.28. The van der Waals surface area contributed by atoms with Crippen LogP contribution < -0.4 is 15.4 Å². The molecule has 0 atom stereocenters. The summed E-state index contributed by atoms with van der Waals surface area (Å²) in [6.45, 7) is 8.01. The Balaban J connectivity index is 1.86. The third-order valence-electron chi connectivity index (χ3n) is 4.32. The number of hydrogen-bond acceptors (Lipinski definition) is 4. The van der Waals surface area contributed by atoms with Crippen molar-refractivity contribution in [3.8, 4) is 0 Å². The molecule has 7 heteroatoms. The van der Waals surface area contributed by atoms with Crippen LogP contribution in [0, 0.1) is 5.41 Å². The van der Waals surface area contributed by atoms with Gasteiger partial charge in [-0.25, -0.2) is 13.9 Å². The lowest BCUT2D eigenvalue weighted by atomic mass is 10.1. The van der Waals surface area contributed by atoms with Gasteiger partial charge in [-0.15, -0.1) is 0 Å². The Morgan fingerprint density at radius 1 is 1.42 bits per heavy atom. The van der Waals surface area contributed by atoms with Crippen molar-refractivity contribution >= 4 is 29.6 Å². The number of piperidine rings is 1. The lowest BCUT2D eigenvalue weighted by Crippen LogP contribution is -2.44. The van der Waals surface area contributed by atoms with Crippen molar-refractivity contribution in [2.75, 3.05) is 17.8 Å². The van der Waals surface area contributed by atoms with Gasteiger partial charge >= 0.3 is 0 Å². The summed E-state index contributed by atoms with van der Waals surface area (Å²) in [7, 11) is 0. The van der Waals surface area contributed by atoms with Crippen LogP contribution in [0.3, 0.4) is 0 Å². The van der Waals surface area contributed by atoms with E-state index in [0.717, 1.165) is 44.0 Å². The smallest absolute Gasteiger partial charge is 0.284 e. The Morgan fingerprint density at radius 2 is 2.12 bits per heavy atom. The summed E-state index contributed by atoms with van der Waals surface area (Å²) < 4.78 is 7.73. The first-order valence-corrected chi connectivity index (χ1v) is 9.47. The summed E-state index contributed by atoms with van der Waals surface area (Å²) in [5.74, 6) is 2.38. The van der Waals surface area contributed by atoms with Crippen molar-refractivity contribution in [1.29, 1.82) is 5.41 Å². The van der Waals surface area contributed by atoms with Gasteiger partial charge in [-0.3, -0.25) is 0 Å². The number of hydrogen-bond donors (Lipinski definition) is 3. The van der Waals surface area contributed by atoms with Gasteiger partial charge in [0.2, 0.25) is 5.84 Å². The van der Waals surface area contributed by atoms with Crippen LogP contribution in [-0.2, 0) is 6.42 Å². The van der Waals surface area contributed by atoms with E-state index in [2.05, 4.69) is 39.1 Å². The molecule has 0 unspecified atom stereocenters. The van der Waals surface area contributed by atoms with E-state index in [1.165, 1.54) is 5.69 Å². The minimum Gasteiger partial charge on any atom is -0.322 e. The van der Waals surface area contributed by atoms with E-state index in [1.807, 2.05) is 18.4 Å². The highest BCUT2D eigenvalue weighted by molar-refractivity contribution is 7.98. The number of nitrogens with zero attached hydrogens (tertiary/aromatic N) is 2. The SMILES string of the molecule is CCC(=N)[N+](=C(C)N)C1CCN(SNc2cccc(CC)[nH+]2)CC1. The Labute approximate surface area is 149 Å². The summed E-state index contributed by atoms with van der Waals surface area (Å²) in [5, 5.41) is 8.13. The lowest BCUT2D eigenvalue weighted by molar-refractivity contribution is -0.465. The van der Waals surface area contributed by atoms with E-state index in [4.69, 9.17) is 11.1 Å². The van der Waals surface area contributed by atoms with E-state index in [9.17, 15) is 0 Å². The maximum Gasteiger partial charge on any atom is 0.284 e. The van der Waals surface area contributed by atoms with E-state index in [-0.39, 0.29) is 0 Å². The van der Waals surface area contributed by atoms with E-state index in [1.54, 1.807) is 12.1 Å². The summed E-state index contributed by atoms with van der Waals surface area (Å²) in [4.78, 5) is 3.38. The van der Waals surface area contributed by atoms with Gasteiger partial charge in [0.05, 0.1) is 6.04 Å². The van der Waals surface area contributed by atoms with Gasteiger partial charge < -0.3 is 5.73 Å². The maximum absolute atomic E-state index is 8.13. The molecule has 0 aliphatic carbocycles. The first kappa shape index (κ1) is 18.7. The van der Waals surface area contributed by atoms with Gasteiger partial charge in [0.25, 0.3) is 5.82 Å². The zero-order valence-corrected chi connectivity index (χ0v) is 15.7. The maximum atomic E-state index is 8.13. The highest BCUT2D eigenvalue weighted by Gasteiger charge is 2.28. The molecule has 2 heterocycles. The number of rotatable bonds is 6. The predicted molar refractivity (Wildman–Crippen MR) is 101 cm³/mol. The van der Waals surface area contributed by atoms with Crippen molar-refractivity contribution in [2.24, 2.45) is 5.73 Å². The minimum atomic E-state index is 0.342. The number of aromatic amines is 1. The van der Waals surface area contributed by atoms with Crippen LogP contribution in [0.15, 0.2) is 18.2 Å². The number of amidine groups is 2. The first-order valence-electron chi connectivity index (χ1n) is 8.70. The monoisotopic (exact) mass is 350 g/mol. The van der Waals surface area contributed by atoms with Gasteiger partial charge in [0.15, 0.2) is 5.84 Å². The Kier molecular flexibility index (Phi) is 7.05. The van der Waals surface area contributed by atoms with Crippen molar-refractivity contribution < 1.29 is 9.56 Å².